The van der Waals surface area contributed by atoms with Crippen molar-refractivity contribution in [2.75, 3.05) is 19.1 Å². The molecular weight excluding hydrogens is 375 g/mol. The second-order valence-electron chi connectivity index (χ2n) is 4.94. The van der Waals surface area contributed by atoms with E-state index in [1.165, 1.54) is 12.8 Å². The van der Waals surface area contributed by atoms with Crippen LogP contribution in [0.5, 0.6) is 0 Å². The Morgan fingerprint density at radius 2 is 2.16 bits per heavy atom. The SMILES string of the molecule is CO[C@H]1CC[C@H](N(C)c2nn3c(I)cnc3s2)CC1. The third kappa shape index (κ3) is 2.59. The normalized spacial score (nSPS) is 23.9. The summed E-state index contributed by atoms with van der Waals surface area (Å²) in [6.07, 6.45) is 6.94. The van der Waals surface area contributed by atoms with Gasteiger partial charge < -0.3 is 9.64 Å². The van der Waals surface area contributed by atoms with Crippen molar-refractivity contribution < 1.29 is 4.74 Å². The van der Waals surface area contributed by atoms with Crippen LogP contribution in [0.15, 0.2) is 6.20 Å². The highest BCUT2D eigenvalue weighted by molar-refractivity contribution is 14.1. The van der Waals surface area contributed by atoms with Crippen molar-refractivity contribution in [3.8, 4) is 0 Å². The van der Waals surface area contributed by atoms with Crippen LogP contribution in [-0.4, -0.2) is 40.9 Å². The van der Waals surface area contributed by atoms with Crippen LogP contribution in [0.4, 0.5) is 5.13 Å². The van der Waals surface area contributed by atoms with E-state index in [0.29, 0.717) is 12.1 Å². The minimum atomic E-state index is 0.444. The lowest BCUT2D eigenvalue weighted by atomic mass is 9.92. The Bertz CT molecular complexity index is 561. The summed E-state index contributed by atoms with van der Waals surface area (Å²) in [5.74, 6) is 0. The summed E-state index contributed by atoms with van der Waals surface area (Å²) < 4.78 is 8.41. The minimum absolute atomic E-state index is 0.444. The van der Waals surface area contributed by atoms with Crippen molar-refractivity contribution in [2.45, 2.75) is 37.8 Å². The first-order valence-electron chi connectivity index (χ1n) is 6.44. The standard InChI is InChI=1S/C12H17IN4OS/c1-16(8-3-5-9(18-2)6-4-8)12-15-17-10(13)7-14-11(17)19-12/h7-9H,3-6H2,1-2H3/t8-,9-. The number of halogens is 1. The molecule has 0 aliphatic heterocycles. The van der Waals surface area contributed by atoms with Crippen LogP contribution in [0, 0.1) is 3.70 Å². The zero-order chi connectivity index (χ0) is 13.4. The van der Waals surface area contributed by atoms with Crippen molar-refractivity contribution in [2.24, 2.45) is 0 Å². The van der Waals surface area contributed by atoms with Gasteiger partial charge in [0.15, 0.2) is 0 Å². The van der Waals surface area contributed by atoms with Gasteiger partial charge in [0, 0.05) is 20.2 Å². The predicted octanol–water partition coefficient (Wildman–Crippen LogP) is 2.79. The average Bonchev–Trinajstić information content (AvgIpc) is 3.01. The van der Waals surface area contributed by atoms with Crippen LogP contribution >= 0.6 is 33.9 Å². The first kappa shape index (κ1) is 13.6. The molecule has 1 saturated carbocycles. The largest absolute Gasteiger partial charge is 0.381 e. The summed E-state index contributed by atoms with van der Waals surface area (Å²) in [6, 6.07) is 0.569. The molecule has 3 rings (SSSR count). The Balaban J connectivity index is 1.74. The van der Waals surface area contributed by atoms with Crippen LogP contribution in [-0.2, 0) is 4.74 Å². The van der Waals surface area contributed by atoms with Gasteiger partial charge in [0.25, 0.3) is 0 Å². The fraction of sp³-hybridized carbons (Fsp3) is 0.667. The molecule has 19 heavy (non-hydrogen) atoms. The van der Waals surface area contributed by atoms with Crippen molar-refractivity contribution in [1.82, 2.24) is 14.6 Å². The highest BCUT2D eigenvalue weighted by Crippen LogP contribution is 2.30. The van der Waals surface area contributed by atoms with Crippen LogP contribution < -0.4 is 4.90 Å². The van der Waals surface area contributed by atoms with Crippen molar-refractivity contribution >= 4 is 44.0 Å². The molecule has 2 heterocycles. The summed E-state index contributed by atoms with van der Waals surface area (Å²) in [5, 5.41) is 5.70. The molecule has 0 spiro atoms. The third-order valence-corrected chi connectivity index (χ3v) is 5.61. The van der Waals surface area contributed by atoms with E-state index in [1.807, 2.05) is 17.8 Å². The second-order valence-corrected chi connectivity index (χ2v) is 6.98. The lowest BCUT2D eigenvalue weighted by Crippen LogP contribution is -2.36. The minimum Gasteiger partial charge on any atom is -0.381 e. The molecule has 0 unspecified atom stereocenters. The van der Waals surface area contributed by atoms with Gasteiger partial charge in [-0.05, 0) is 48.3 Å². The number of imidazole rings is 1. The summed E-state index contributed by atoms with van der Waals surface area (Å²) in [4.78, 5) is 7.63. The zero-order valence-electron chi connectivity index (χ0n) is 11.0. The van der Waals surface area contributed by atoms with Crippen molar-refractivity contribution in [1.29, 1.82) is 0 Å². The summed E-state index contributed by atoms with van der Waals surface area (Å²) in [6.45, 7) is 0. The average molecular weight is 392 g/mol. The van der Waals surface area contributed by atoms with E-state index < -0.39 is 0 Å². The molecule has 0 amide bonds. The molecule has 2 aromatic rings. The van der Waals surface area contributed by atoms with Crippen molar-refractivity contribution in [3.05, 3.63) is 9.90 Å². The maximum Gasteiger partial charge on any atom is 0.214 e. The molecule has 0 N–H and O–H groups in total. The molecule has 0 atom stereocenters. The van der Waals surface area contributed by atoms with Crippen LogP contribution in [0.2, 0.25) is 0 Å². The van der Waals surface area contributed by atoms with E-state index in [9.17, 15) is 0 Å². The highest BCUT2D eigenvalue weighted by Gasteiger charge is 2.25. The zero-order valence-corrected chi connectivity index (χ0v) is 14.0. The predicted molar refractivity (Wildman–Crippen MR) is 85.0 cm³/mol. The number of methoxy groups -OCH3 is 1. The Kier molecular flexibility index (Phi) is 3.95. The number of ether oxygens (including phenoxy) is 1. The fourth-order valence-electron chi connectivity index (χ4n) is 2.62. The third-order valence-electron chi connectivity index (χ3n) is 3.86. The number of rotatable bonds is 3. The Morgan fingerprint density at radius 3 is 2.79 bits per heavy atom. The van der Waals surface area contributed by atoms with Crippen LogP contribution in [0.25, 0.3) is 4.96 Å². The molecule has 0 aromatic carbocycles. The molecule has 0 bridgehead atoms. The van der Waals surface area contributed by atoms with Gasteiger partial charge >= 0.3 is 0 Å². The van der Waals surface area contributed by atoms with Gasteiger partial charge in [0.1, 0.15) is 3.70 Å². The second kappa shape index (κ2) is 5.53. The lowest BCUT2D eigenvalue weighted by Gasteiger charge is -2.33. The van der Waals surface area contributed by atoms with Gasteiger partial charge in [-0.1, -0.05) is 11.3 Å². The van der Waals surface area contributed by atoms with E-state index in [0.717, 1.165) is 26.6 Å². The lowest BCUT2D eigenvalue weighted by molar-refractivity contribution is 0.0660. The molecule has 7 heteroatoms. The maximum absolute atomic E-state index is 5.43. The van der Waals surface area contributed by atoms with E-state index in [4.69, 9.17) is 4.74 Å². The maximum atomic E-state index is 5.43. The highest BCUT2D eigenvalue weighted by atomic mass is 127. The van der Waals surface area contributed by atoms with Gasteiger partial charge in [0.2, 0.25) is 10.1 Å². The number of hydrogen-bond acceptors (Lipinski definition) is 5. The summed E-state index contributed by atoms with van der Waals surface area (Å²) >= 11 is 3.92. The molecule has 1 aliphatic carbocycles. The van der Waals surface area contributed by atoms with Gasteiger partial charge in [-0.3, -0.25) is 0 Å². The summed E-state index contributed by atoms with van der Waals surface area (Å²) in [7, 11) is 3.95. The number of anilines is 1. The van der Waals surface area contributed by atoms with E-state index in [-0.39, 0.29) is 0 Å². The van der Waals surface area contributed by atoms with E-state index in [1.54, 1.807) is 11.3 Å². The number of aromatic nitrogens is 3. The quantitative estimate of drug-likeness (QED) is 0.754. The van der Waals surface area contributed by atoms with Gasteiger partial charge in [-0.2, -0.15) is 4.52 Å². The molecular formula is C12H17IN4OS. The van der Waals surface area contributed by atoms with Crippen LogP contribution in [0.3, 0.4) is 0 Å². The molecule has 0 radical (unpaired) electrons. The van der Waals surface area contributed by atoms with E-state index in [2.05, 4.69) is 44.6 Å². The van der Waals surface area contributed by atoms with Gasteiger partial charge in [0.05, 0.1) is 12.3 Å². The molecule has 0 saturated heterocycles. The number of nitrogens with zero attached hydrogens (tertiary/aromatic N) is 4. The van der Waals surface area contributed by atoms with E-state index >= 15 is 0 Å². The monoisotopic (exact) mass is 392 g/mol. The Labute approximate surface area is 130 Å². The topological polar surface area (TPSA) is 42.7 Å². The smallest absolute Gasteiger partial charge is 0.214 e. The molecule has 5 nitrogen and oxygen atoms in total. The fourth-order valence-corrected chi connectivity index (χ4v) is 4.17. The first-order valence-corrected chi connectivity index (χ1v) is 8.34. The molecule has 1 aliphatic rings. The molecule has 1 fully saturated rings. The Morgan fingerprint density at radius 1 is 1.42 bits per heavy atom. The molecule has 104 valence electrons. The summed E-state index contributed by atoms with van der Waals surface area (Å²) in [5.41, 5.74) is 0. The van der Waals surface area contributed by atoms with Gasteiger partial charge in [-0.25, -0.2) is 4.98 Å². The molecule has 2 aromatic heterocycles. The van der Waals surface area contributed by atoms with Gasteiger partial charge in [-0.15, -0.1) is 5.10 Å². The number of fused-ring (bicyclic) bond motifs is 1. The van der Waals surface area contributed by atoms with Crippen molar-refractivity contribution in [3.63, 3.8) is 0 Å². The van der Waals surface area contributed by atoms with Crippen LogP contribution in [0.1, 0.15) is 25.7 Å². The number of hydrogen-bond donors (Lipinski definition) is 0. The Hall–Kier alpha value is -0.410. The first-order chi connectivity index (χ1) is 9.19.